The molecule has 112 valence electrons. The molecule has 0 saturated carbocycles. The number of ether oxygens (including phenoxy) is 1. The highest BCUT2D eigenvalue weighted by Gasteiger charge is 2.25. The third kappa shape index (κ3) is 3.24. The molecule has 0 amide bonds. The van der Waals surface area contributed by atoms with Crippen molar-refractivity contribution in [2.45, 2.75) is 9.71 Å². The zero-order valence-corrected chi connectivity index (χ0v) is 13.3. The number of carbonyl (C=O) groups excluding carboxylic acids is 1. The number of fused-ring (bicyclic) bond motifs is 1. The van der Waals surface area contributed by atoms with Crippen LogP contribution in [0.4, 0.5) is 5.13 Å². The summed E-state index contributed by atoms with van der Waals surface area (Å²) in [6.45, 7) is 0. The predicted molar refractivity (Wildman–Crippen MR) is 87.2 cm³/mol. The molecule has 1 aromatic carbocycles. The molecular weight excluding hydrogens is 344 g/mol. The topological polar surface area (TPSA) is 108 Å². The smallest absolute Gasteiger partial charge is 0.352 e. The minimum atomic E-state index is -1.25. The summed E-state index contributed by atoms with van der Waals surface area (Å²) in [5.41, 5.74) is 6.25. The maximum Gasteiger partial charge on any atom is 0.352 e. The summed E-state index contributed by atoms with van der Waals surface area (Å²) in [7, 11) is 0. The Labute approximate surface area is 136 Å². The van der Waals surface area contributed by atoms with Crippen LogP contribution in [0.3, 0.4) is 0 Å². The maximum atomic E-state index is 11.9. The second kappa shape index (κ2) is 6.38. The second-order valence-electron chi connectivity index (χ2n) is 3.97. The van der Waals surface area contributed by atoms with Crippen LogP contribution < -0.4 is 10.5 Å². The van der Waals surface area contributed by atoms with Crippen LogP contribution in [0.15, 0.2) is 39.2 Å². The average Bonchev–Trinajstić information content (AvgIpc) is 3.10. The Morgan fingerprint density at radius 2 is 2.18 bits per heavy atom. The maximum absolute atomic E-state index is 11.9. The van der Waals surface area contributed by atoms with Gasteiger partial charge in [-0.2, -0.15) is 4.98 Å². The van der Waals surface area contributed by atoms with Crippen LogP contribution in [0.5, 0.6) is 5.88 Å². The molecule has 2 aromatic heterocycles. The second-order valence-corrected chi connectivity index (χ2v) is 7.22. The van der Waals surface area contributed by atoms with Crippen LogP contribution >= 0.6 is 34.4 Å². The number of aromatic nitrogens is 2. The standard InChI is InChI=1S/C12H8N4O3S3/c13-11-15-8(5-20-11)19-10(17)9(16-18)22-12-14-6-3-1-2-4-7(6)21-12/h1-5,9H,(H2,13,15). The van der Waals surface area contributed by atoms with Gasteiger partial charge in [-0.05, 0) is 17.3 Å². The van der Waals surface area contributed by atoms with Crippen LogP contribution in [-0.4, -0.2) is 21.3 Å². The quantitative estimate of drug-likeness (QED) is 0.427. The van der Waals surface area contributed by atoms with Crippen molar-refractivity contribution < 1.29 is 9.53 Å². The van der Waals surface area contributed by atoms with Gasteiger partial charge in [-0.3, -0.25) is 0 Å². The van der Waals surface area contributed by atoms with Gasteiger partial charge in [0.1, 0.15) is 0 Å². The minimum absolute atomic E-state index is 0.0612. The molecule has 0 aliphatic carbocycles. The largest absolute Gasteiger partial charge is 0.404 e. The summed E-state index contributed by atoms with van der Waals surface area (Å²) in [5.74, 6) is -0.740. The fraction of sp³-hybridized carbons (Fsp3) is 0.0833. The van der Waals surface area contributed by atoms with Crippen molar-refractivity contribution in [3.63, 3.8) is 0 Å². The Kier molecular flexibility index (Phi) is 4.32. The molecule has 10 heteroatoms. The third-order valence-corrected chi connectivity index (χ3v) is 5.31. The van der Waals surface area contributed by atoms with Gasteiger partial charge >= 0.3 is 5.97 Å². The van der Waals surface area contributed by atoms with Crippen molar-refractivity contribution in [2.24, 2.45) is 5.18 Å². The number of esters is 1. The lowest BCUT2D eigenvalue weighted by atomic mass is 10.3. The van der Waals surface area contributed by atoms with Gasteiger partial charge in [-0.1, -0.05) is 23.9 Å². The molecule has 0 bridgehead atoms. The zero-order chi connectivity index (χ0) is 15.5. The predicted octanol–water partition coefficient (Wildman–Crippen LogP) is 3.13. The first kappa shape index (κ1) is 14.9. The lowest BCUT2D eigenvalue weighted by molar-refractivity contribution is -0.133. The summed E-state index contributed by atoms with van der Waals surface area (Å²) in [6.07, 6.45) is 0. The summed E-state index contributed by atoms with van der Waals surface area (Å²) in [4.78, 5) is 31.0. The van der Waals surface area contributed by atoms with Gasteiger partial charge in [0.15, 0.2) is 9.47 Å². The molecule has 2 N–H and O–H groups in total. The highest BCUT2D eigenvalue weighted by Crippen LogP contribution is 2.33. The van der Waals surface area contributed by atoms with E-state index in [4.69, 9.17) is 10.5 Å². The fourth-order valence-corrected chi connectivity index (χ4v) is 4.01. The Bertz CT molecular complexity index is 799. The van der Waals surface area contributed by atoms with Crippen LogP contribution in [-0.2, 0) is 4.79 Å². The number of nitrogen functional groups attached to an aromatic ring is 1. The van der Waals surface area contributed by atoms with Crippen LogP contribution in [0.1, 0.15) is 0 Å². The Morgan fingerprint density at radius 3 is 2.86 bits per heavy atom. The third-order valence-electron chi connectivity index (χ3n) is 2.49. The van der Waals surface area contributed by atoms with Crippen molar-refractivity contribution >= 4 is 55.8 Å². The van der Waals surface area contributed by atoms with E-state index in [1.165, 1.54) is 16.7 Å². The number of para-hydroxylation sites is 1. The molecule has 1 atom stereocenters. The van der Waals surface area contributed by atoms with Crippen LogP contribution in [0.2, 0.25) is 0 Å². The molecule has 2 heterocycles. The van der Waals surface area contributed by atoms with Crippen molar-refractivity contribution in [3.8, 4) is 5.88 Å². The minimum Gasteiger partial charge on any atom is -0.404 e. The molecule has 3 aromatic rings. The number of thiazole rings is 2. The van der Waals surface area contributed by atoms with Gasteiger partial charge in [0.25, 0.3) is 0 Å². The van der Waals surface area contributed by atoms with Gasteiger partial charge < -0.3 is 10.5 Å². The van der Waals surface area contributed by atoms with Crippen molar-refractivity contribution in [3.05, 3.63) is 34.6 Å². The molecule has 0 fully saturated rings. The van der Waals surface area contributed by atoms with E-state index >= 15 is 0 Å². The fourth-order valence-electron chi connectivity index (χ4n) is 1.58. The highest BCUT2D eigenvalue weighted by molar-refractivity contribution is 8.02. The van der Waals surface area contributed by atoms with E-state index in [1.54, 1.807) is 0 Å². The summed E-state index contributed by atoms with van der Waals surface area (Å²) < 4.78 is 6.51. The number of anilines is 1. The van der Waals surface area contributed by atoms with E-state index in [9.17, 15) is 9.70 Å². The lowest BCUT2D eigenvalue weighted by Crippen LogP contribution is -2.20. The lowest BCUT2D eigenvalue weighted by Gasteiger charge is -2.04. The number of thioether (sulfide) groups is 1. The monoisotopic (exact) mass is 352 g/mol. The van der Waals surface area contributed by atoms with Gasteiger partial charge in [-0.15, -0.1) is 27.6 Å². The first-order chi connectivity index (χ1) is 10.7. The number of nitrogens with zero attached hydrogens (tertiary/aromatic N) is 3. The average molecular weight is 352 g/mol. The molecule has 22 heavy (non-hydrogen) atoms. The number of nitrogens with two attached hydrogens (primary N) is 1. The molecular formula is C12H8N4O3S3. The normalized spacial score (nSPS) is 12.2. The van der Waals surface area contributed by atoms with Crippen molar-refractivity contribution in [1.29, 1.82) is 0 Å². The van der Waals surface area contributed by atoms with Gasteiger partial charge in [0, 0.05) is 0 Å². The number of nitroso groups, excluding NO2 is 1. The molecule has 1 unspecified atom stereocenters. The molecule has 0 spiro atoms. The molecule has 0 aliphatic heterocycles. The highest BCUT2D eigenvalue weighted by atomic mass is 32.2. The summed E-state index contributed by atoms with van der Waals surface area (Å²) in [5, 5.41) is 3.32. The molecule has 0 radical (unpaired) electrons. The van der Waals surface area contributed by atoms with E-state index in [1.807, 2.05) is 24.3 Å². The molecule has 0 aliphatic rings. The number of hydrogen-bond donors (Lipinski definition) is 1. The number of carbonyl (C=O) groups is 1. The Morgan fingerprint density at radius 1 is 1.36 bits per heavy atom. The number of rotatable bonds is 5. The van der Waals surface area contributed by atoms with E-state index in [0.29, 0.717) is 4.34 Å². The van der Waals surface area contributed by atoms with Gasteiger partial charge in [0.05, 0.1) is 15.6 Å². The molecule has 3 rings (SSSR count). The molecule has 0 saturated heterocycles. The number of benzene rings is 1. The van der Waals surface area contributed by atoms with Crippen molar-refractivity contribution in [1.82, 2.24) is 9.97 Å². The van der Waals surface area contributed by atoms with E-state index in [-0.39, 0.29) is 11.0 Å². The van der Waals surface area contributed by atoms with E-state index < -0.39 is 11.3 Å². The first-order valence-electron chi connectivity index (χ1n) is 5.93. The molecule has 7 nitrogen and oxygen atoms in total. The Hall–Kier alpha value is -2.04. The summed E-state index contributed by atoms with van der Waals surface area (Å²) >= 11 is 3.46. The van der Waals surface area contributed by atoms with Crippen LogP contribution in [0.25, 0.3) is 10.2 Å². The zero-order valence-electron chi connectivity index (χ0n) is 10.8. The van der Waals surface area contributed by atoms with E-state index in [0.717, 1.165) is 33.3 Å². The first-order valence-corrected chi connectivity index (χ1v) is 8.50. The van der Waals surface area contributed by atoms with Crippen LogP contribution in [0, 0.1) is 4.91 Å². The van der Waals surface area contributed by atoms with Gasteiger partial charge in [0.2, 0.25) is 11.3 Å². The van der Waals surface area contributed by atoms with Crippen molar-refractivity contribution in [2.75, 3.05) is 5.73 Å². The van der Waals surface area contributed by atoms with Gasteiger partial charge in [-0.25, -0.2) is 9.78 Å². The number of hydrogen-bond acceptors (Lipinski definition) is 10. The summed E-state index contributed by atoms with van der Waals surface area (Å²) in [6, 6.07) is 7.53. The van der Waals surface area contributed by atoms with E-state index in [2.05, 4.69) is 15.1 Å². The SMILES string of the molecule is Nc1nc(OC(=O)C(N=O)Sc2nc3ccccc3s2)cs1. The Balaban J connectivity index is 1.73.